The quantitative estimate of drug-likeness (QED) is 0.578. The molecule has 0 aliphatic heterocycles. The fraction of sp³-hybridized carbons (Fsp3) is 1.00. The van der Waals surface area contributed by atoms with E-state index in [1.54, 1.807) is 0 Å². The average Bonchev–Trinajstić information content (AvgIpc) is 2.15. The van der Waals surface area contributed by atoms with Gasteiger partial charge in [-0.1, -0.05) is 27.2 Å². The molecule has 0 heterocycles. The molecule has 2 heteroatoms. The molecule has 86 valence electrons. The van der Waals surface area contributed by atoms with Crippen LogP contribution in [0.15, 0.2) is 0 Å². The fourth-order valence-corrected chi connectivity index (χ4v) is 2.15. The highest BCUT2D eigenvalue weighted by Gasteiger charge is 2.06. The Morgan fingerprint density at radius 3 is 1.86 bits per heavy atom. The van der Waals surface area contributed by atoms with E-state index < -0.39 is 0 Å². The zero-order valence-electron chi connectivity index (χ0n) is 10.1. The van der Waals surface area contributed by atoms with Crippen molar-refractivity contribution in [3.8, 4) is 0 Å². The summed E-state index contributed by atoms with van der Waals surface area (Å²) in [5, 5.41) is 0.608. The molecule has 0 spiro atoms. The van der Waals surface area contributed by atoms with E-state index in [0.29, 0.717) is 5.25 Å². The topological polar surface area (TPSA) is 3.24 Å². The van der Waals surface area contributed by atoms with Crippen LogP contribution in [0.3, 0.4) is 0 Å². The maximum atomic E-state index is 4.59. The molecular formula is C12H27NS. The second-order valence-electron chi connectivity index (χ2n) is 4.07. The molecular weight excluding hydrogens is 190 g/mol. The maximum Gasteiger partial charge on any atom is 0.00288 e. The first-order valence-electron chi connectivity index (χ1n) is 6.14. The number of hydrogen-bond acceptors (Lipinski definition) is 2. The summed E-state index contributed by atoms with van der Waals surface area (Å²) in [7, 11) is 0. The number of thiol groups is 1. The third-order valence-electron chi connectivity index (χ3n) is 2.48. The Bertz CT molecular complexity index is 111. The second kappa shape index (κ2) is 9.85. The Hall–Kier alpha value is 0.310. The highest BCUT2D eigenvalue weighted by atomic mass is 32.1. The van der Waals surface area contributed by atoms with Crippen molar-refractivity contribution in [2.75, 3.05) is 19.6 Å². The number of nitrogens with zero attached hydrogens (tertiary/aromatic N) is 1. The van der Waals surface area contributed by atoms with E-state index in [9.17, 15) is 0 Å². The minimum absolute atomic E-state index is 0.608. The normalized spacial score (nSPS) is 13.5. The van der Waals surface area contributed by atoms with Gasteiger partial charge in [0.05, 0.1) is 0 Å². The first-order valence-corrected chi connectivity index (χ1v) is 6.66. The van der Waals surface area contributed by atoms with Gasteiger partial charge in [-0.15, -0.1) is 0 Å². The molecule has 0 N–H and O–H groups in total. The Kier molecular flexibility index (Phi) is 10.1. The molecule has 1 unspecified atom stereocenters. The largest absolute Gasteiger partial charge is 0.303 e. The lowest BCUT2D eigenvalue weighted by Crippen LogP contribution is -2.28. The van der Waals surface area contributed by atoms with Crippen molar-refractivity contribution < 1.29 is 0 Å². The van der Waals surface area contributed by atoms with Crippen LogP contribution in [0, 0.1) is 0 Å². The summed E-state index contributed by atoms with van der Waals surface area (Å²) in [6.45, 7) is 10.5. The van der Waals surface area contributed by atoms with Crippen molar-refractivity contribution in [1.82, 2.24) is 4.90 Å². The van der Waals surface area contributed by atoms with Crippen LogP contribution in [0.4, 0.5) is 0 Å². The monoisotopic (exact) mass is 217 g/mol. The van der Waals surface area contributed by atoms with Crippen molar-refractivity contribution in [2.24, 2.45) is 0 Å². The number of rotatable bonds is 9. The van der Waals surface area contributed by atoms with Gasteiger partial charge in [-0.3, -0.25) is 0 Å². The lowest BCUT2D eigenvalue weighted by atomic mass is 10.2. The van der Waals surface area contributed by atoms with E-state index in [1.807, 2.05) is 0 Å². The molecule has 0 saturated carbocycles. The molecule has 0 aromatic heterocycles. The van der Waals surface area contributed by atoms with Gasteiger partial charge in [-0.05, 0) is 45.3 Å². The summed E-state index contributed by atoms with van der Waals surface area (Å²) in [5.41, 5.74) is 0. The molecule has 0 radical (unpaired) electrons. The molecule has 0 aromatic carbocycles. The summed E-state index contributed by atoms with van der Waals surface area (Å²) >= 11 is 4.59. The first kappa shape index (κ1) is 14.3. The van der Waals surface area contributed by atoms with Crippen LogP contribution in [0.25, 0.3) is 0 Å². The van der Waals surface area contributed by atoms with Gasteiger partial charge in [-0.2, -0.15) is 12.6 Å². The van der Waals surface area contributed by atoms with Gasteiger partial charge in [-0.25, -0.2) is 0 Å². The van der Waals surface area contributed by atoms with Crippen LogP contribution in [0.2, 0.25) is 0 Å². The van der Waals surface area contributed by atoms with E-state index in [1.165, 1.54) is 51.7 Å². The van der Waals surface area contributed by atoms with E-state index >= 15 is 0 Å². The fourth-order valence-electron chi connectivity index (χ4n) is 1.78. The van der Waals surface area contributed by atoms with Crippen molar-refractivity contribution in [1.29, 1.82) is 0 Å². The lowest BCUT2D eigenvalue weighted by molar-refractivity contribution is 0.269. The maximum absolute atomic E-state index is 4.59. The van der Waals surface area contributed by atoms with E-state index in [0.717, 1.165) is 0 Å². The Labute approximate surface area is 95.7 Å². The molecule has 0 saturated heterocycles. The van der Waals surface area contributed by atoms with Crippen molar-refractivity contribution in [3.05, 3.63) is 0 Å². The van der Waals surface area contributed by atoms with Gasteiger partial charge in [0.2, 0.25) is 0 Å². The van der Waals surface area contributed by atoms with Gasteiger partial charge >= 0.3 is 0 Å². The molecule has 1 nitrogen and oxygen atoms in total. The second-order valence-corrected chi connectivity index (χ2v) is 4.80. The molecule has 1 atom stereocenters. The van der Waals surface area contributed by atoms with Gasteiger partial charge in [0, 0.05) is 5.25 Å². The van der Waals surface area contributed by atoms with Gasteiger partial charge < -0.3 is 4.90 Å². The Morgan fingerprint density at radius 1 is 0.857 bits per heavy atom. The van der Waals surface area contributed by atoms with E-state index in [4.69, 9.17) is 0 Å². The number of hydrogen-bond donors (Lipinski definition) is 1. The molecule has 0 aromatic rings. The van der Waals surface area contributed by atoms with Crippen LogP contribution in [-0.4, -0.2) is 29.8 Å². The molecule has 0 fully saturated rings. The highest BCUT2D eigenvalue weighted by molar-refractivity contribution is 7.80. The predicted octanol–water partition coefficient (Wildman–Crippen LogP) is 3.60. The van der Waals surface area contributed by atoms with Crippen molar-refractivity contribution in [3.63, 3.8) is 0 Å². The molecule has 0 aliphatic carbocycles. The zero-order chi connectivity index (χ0) is 10.8. The Morgan fingerprint density at radius 2 is 1.43 bits per heavy atom. The van der Waals surface area contributed by atoms with E-state index in [-0.39, 0.29) is 0 Å². The molecule has 0 amide bonds. The first-order chi connectivity index (χ1) is 6.74. The standard InChI is InChI=1S/C12H27NS/c1-4-7-12(14)8-11-13(9-5-2)10-6-3/h12,14H,4-11H2,1-3H3. The van der Waals surface area contributed by atoms with Gasteiger partial charge in [0.1, 0.15) is 0 Å². The van der Waals surface area contributed by atoms with Crippen molar-refractivity contribution in [2.45, 2.75) is 58.1 Å². The molecule has 0 aliphatic rings. The van der Waals surface area contributed by atoms with Crippen molar-refractivity contribution >= 4 is 12.6 Å². The third kappa shape index (κ3) is 7.69. The SMILES string of the molecule is CCCC(S)CCN(CCC)CCC. The van der Waals surface area contributed by atoms with E-state index in [2.05, 4.69) is 38.3 Å². The third-order valence-corrected chi connectivity index (χ3v) is 3.00. The summed E-state index contributed by atoms with van der Waals surface area (Å²) in [5.74, 6) is 0. The summed E-state index contributed by atoms with van der Waals surface area (Å²) in [6.07, 6.45) is 6.30. The minimum atomic E-state index is 0.608. The molecule has 14 heavy (non-hydrogen) atoms. The summed E-state index contributed by atoms with van der Waals surface area (Å²) < 4.78 is 0. The smallest absolute Gasteiger partial charge is 0.00288 e. The average molecular weight is 217 g/mol. The highest BCUT2D eigenvalue weighted by Crippen LogP contribution is 2.10. The van der Waals surface area contributed by atoms with Crippen LogP contribution in [0.1, 0.15) is 52.9 Å². The zero-order valence-corrected chi connectivity index (χ0v) is 11.0. The predicted molar refractivity (Wildman–Crippen MR) is 69.3 cm³/mol. The van der Waals surface area contributed by atoms with Gasteiger partial charge in [0.25, 0.3) is 0 Å². The van der Waals surface area contributed by atoms with Crippen LogP contribution >= 0.6 is 12.6 Å². The lowest BCUT2D eigenvalue weighted by Gasteiger charge is -2.22. The Balaban J connectivity index is 3.57. The molecule has 0 bridgehead atoms. The van der Waals surface area contributed by atoms with Crippen LogP contribution < -0.4 is 0 Å². The summed E-state index contributed by atoms with van der Waals surface area (Å²) in [4.78, 5) is 2.57. The van der Waals surface area contributed by atoms with Crippen LogP contribution in [0.5, 0.6) is 0 Å². The van der Waals surface area contributed by atoms with Gasteiger partial charge in [0.15, 0.2) is 0 Å². The summed E-state index contributed by atoms with van der Waals surface area (Å²) in [6, 6.07) is 0. The minimum Gasteiger partial charge on any atom is -0.303 e. The van der Waals surface area contributed by atoms with Crippen LogP contribution in [-0.2, 0) is 0 Å². The molecule has 0 rings (SSSR count).